The SMILES string of the molecule is Cc1c(O)c(-c2ccc3nc(N4CCC(C)C4)ccc3n2)cc2cn(C)nc12. The van der Waals surface area contributed by atoms with Gasteiger partial charge in [-0.1, -0.05) is 6.92 Å². The maximum Gasteiger partial charge on any atom is 0.130 e. The zero-order valence-electron chi connectivity index (χ0n) is 16.3. The topological polar surface area (TPSA) is 67.1 Å². The summed E-state index contributed by atoms with van der Waals surface area (Å²) in [6.45, 7) is 6.29. The van der Waals surface area contributed by atoms with Crippen LogP contribution in [0.25, 0.3) is 33.2 Å². The second-order valence-corrected chi connectivity index (χ2v) is 7.88. The molecule has 0 spiro atoms. The van der Waals surface area contributed by atoms with Crippen LogP contribution < -0.4 is 4.90 Å². The lowest BCUT2D eigenvalue weighted by atomic mass is 10.0. The van der Waals surface area contributed by atoms with Crippen molar-refractivity contribution in [3.63, 3.8) is 0 Å². The van der Waals surface area contributed by atoms with Crippen LogP contribution >= 0.6 is 0 Å². The predicted octanol–water partition coefficient (Wildman–Crippen LogP) is 4.04. The molecule has 0 bridgehead atoms. The van der Waals surface area contributed by atoms with Gasteiger partial charge in [-0.3, -0.25) is 4.68 Å². The van der Waals surface area contributed by atoms with E-state index in [2.05, 4.69) is 16.9 Å². The summed E-state index contributed by atoms with van der Waals surface area (Å²) < 4.78 is 1.76. The van der Waals surface area contributed by atoms with Crippen molar-refractivity contribution in [3.05, 3.63) is 42.1 Å². The van der Waals surface area contributed by atoms with E-state index in [-0.39, 0.29) is 5.75 Å². The molecule has 6 nitrogen and oxygen atoms in total. The van der Waals surface area contributed by atoms with Gasteiger partial charge >= 0.3 is 0 Å². The van der Waals surface area contributed by atoms with Crippen molar-refractivity contribution in [2.24, 2.45) is 13.0 Å². The van der Waals surface area contributed by atoms with Gasteiger partial charge in [0.1, 0.15) is 11.6 Å². The van der Waals surface area contributed by atoms with Crippen molar-refractivity contribution in [2.45, 2.75) is 20.3 Å². The highest BCUT2D eigenvalue weighted by atomic mass is 16.3. The number of pyridine rings is 2. The molecular weight excluding hydrogens is 350 g/mol. The molecule has 1 unspecified atom stereocenters. The Labute approximate surface area is 163 Å². The van der Waals surface area contributed by atoms with E-state index >= 15 is 0 Å². The van der Waals surface area contributed by atoms with E-state index in [9.17, 15) is 5.11 Å². The van der Waals surface area contributed by atoms with Crippen LogP contribution in [0.15, 0.2) is 36.5 Å². The second kappa shape index (κ2) is 6.19. The number of phenols is 1. The van der Waals surface area contributed by atoms with Crippen LogP contribution in [0.1, 0.15) is 18.9 Å². The number of fused-ring (bicyclic) bond motifs is 2. The molecule has 6 heteroatoms. The van der Waals surface area contributed by atoms with Gasteiger partial charge < -0.3 is 10.0 Å². The predicted molar refractivity (Wildman–Crippen MR) is 112 cm³/mol. The van der Waals surface area contributed by atoms with Crippen molar-refractivity contribution >= 4 is 27.8 Å². The summed E-state index contributed by atoms with van der Waals surface area (Å²) in [5.74, 6) is 1.96. The molecule has 1 aliphatic heterocycles. The number of hydrogen-bond donors (Lipinski definition) is 1. The van der Waals surface area contributed by atoms with E-state index in [0.29, 0.717) is 5.92 Å². The largest absolute Gasteiger partial charge is 0.507 e. The summed E-state index contributed by atoms with van der Waals surface area (Å²) in [6, 6.07) is 9.95. The van der Waals surface area contributed by atoms with Crippen LogP contribution in [0.3, 0.4) is 0 Å². The fourth-order valence-corrected chi connectivity index (χ4v) is 4.11. The van der Waals surface area contributed by atoms with E-state index in [1.165, 1.54) is 6.42 Å². The summed E-state index contributed by atoms with van der Waals surface area (Å²) in [5, 5.41) is 16.2. The average molecular weight is 373 g/mol. The van der Waals surface area contributed by atoms with Gasteiger partial charge in [-0.05, 0) is 49.6 Å². The van der Waals surface area contributed by atoms with E-state index < -0.39 is 0 Å². The monoisotopic (exact) mass is 373 g/mol. The third kappa shape index (κ3) is 2.68. The first-order valence-corrected chi connectivity index (χ1v) is 9.68. The van der Waals surface area contributed by atoms with Gasteiger partial charge in [0.15, 0.2) is 0 Å². The molecule has 0 aliphatic carbocycles. The zero-order valence-corrected chi connectivity index (χ0v) is 16.3. The first-order chi connectivity index (χ1) is 13.5. The third-order valence-corrected chi connectivity index (χ3v) is 5.67. The Balaban J connectivity index is 1.58. The second-order valence-electron chi connectivity index (χ2n) is 7.88. The highest BCUT2D eigenvalue weighted by molar-refractivity contribution is 5.91. The van der Waals surface area contributed by atoms with Gasteiger partial charge in [0, 0.05) is 42.8 Å². The van der Waals surface area contributed by atoms with Gasteiger partial charge in [-0.15, -0.1) is 0 Å². The Morgan fingerprint density at radius 3 is 2.68 bits per heavy atom. The van der Waals surface area contributed by atoms with Gasteiger partial charge in [-0.25, -0.2) is 9.97 Å². The summed E-state index contributed by atoms with van der Waals surface area (Å²) >= 11 is 0. The third-order valence-electron chi connectivity index (χ3n) is 5.67. The Kier molecular flexibility index (Phi) is 3.75. The molecule has 1 N–H and O–H groups in total. The maximum absolute atomic E-state index is 10.7. The maximum atomic E-state index is 10.7. The number of hydrogen-bond acceptors (Lipinski definition) is 5. The van der Waals surface area contributed by atoms with Gasteiger partial charge in [0.05, 0.1) is 22.2 Å². The fraction of sp³-hybridized carbons (Fsp3) is 0.318. The Hall–Kier alpha value is -3.15. The number of benzene rings is 1. The van der Waals surface area contributed by atoms with Crippen LogP contribution in [0.5, 0.6) is 5.75 Å². The van der Waals surface area contributed by atoms with Crippen molar-refractivity contribution < 1.29 is 5.11 Å². The smallest absolute Gasteiger partial charge is 0.130 e. The highest BCUT2D eigenvalue weighted by Crippen LogP contribution is 2.36. The van der Waals surface area contributed by atoms with E-state index in [0.717, 1.165) is 57.7 Å². The zero-order chi connectivity index (χ0) is 19.4. The van der Waals surface area contributed by atoms with Crippen LogP contribution in [-0.4, -0.2) is 37.9 Å². The van der Waals surface area contributed by atoms with Crippen LogP contribution in [0.2, 0.25) is 0 Å². The molecule has 0 saturated carbocycles. The van der Waals surface area contributed by atoms with E-state index in [1.54, 1.807) is 4.68 Å². The molecule has 28 heavy (non-hydrogen) atoms. The summed E-state index contributed by atoms with van der Waals surface area (Å²) in [5.41, 5.74) is 4.75. The van der Waals surface area contributed by atoms with Gasteiger partial charge in [-0.2, -0.15) is 5.10 Å². The lowest BCUT2D eigenvalue weighted by Crippen LogP contribution is -2.20. The molecular formula is C22H23N5O. The molecule has 1 aliphatic rings. The molecule has 3 aromatic heterocycles. The molecule has 0 radical (unpaired) electrons. The minimum atomic E-state index is 0.230. The normalized spacial score (nSPS) is 17.1. The quantitative estimate of drug-likeness (QED) is 0.574. The Bertz CT molecular complexity index is 1210. The Morgan fingerprint density at radius 1 is 1.11 bits per heavy atom. The molecule has 4 aromatic rings. The number of aryl methyl sites for hydroxylation is 2. The van der Waals surface area contributed by atoms with Crippen LogP contribution in [0, 0.1) is 12.8 Å². The lowest BCUT2D eigenvalue weighted by Gasteiger charge is -2.17. The van der Waals surface area contributed by atoms with E-state index in [1.807, 2.05) is 50.5 Å². The van der Waals surface area contributed by atoms with Crippen molar-refractivity contribution in [1.29, 1.82) is 0 Å². The number of rotatable bonds is 2. The number of nitrogens with zero attached hydrogens (tertiary/aromatic N) is 5. The number of anilines is 1. The lowest BCUT2D eigenvalue weighted by molar-refractivity contribution is 0.474. The first-order valence-electron chi connectivity index (χ1n) is 9.68. The molecule has 1 fully saturated rings. The molecule has 1 aromatic carbocycles. The minimum Gasteiger partial charge on any atom is -0.507 e. The molecule has 0 amide bonds. The first kappa shape index (κ1) is 17.0. The average Bonchev–Trinajstić information content (AvgIpc) is 3.29. The van der Waals surface area contributed by atoms with Crippen LogP contribution in [0.4, 0.5) is 5.82 Å². The summed E-state index contributed by atoms with van der Waals surface area (Å²) in [6.07, 6.45) is 3.17. The minimum absolute atomic E-state index is 0.230. The highest BCUT2D eigenvalue weighted by Gasteiger charge is 2.20. The molecule has 5 rings (SSSR count). The number of aromatic hydroxyl groups is 1. The van der Waals surface area contributed by atoms with Crippen molar-refractivity contribution in [3.8, 4) is 17.0 Å². The van der Waals surface area contributed by atoms with Crippen molar-refractivity contribution in [2.75, 3.05) is 18.0 Å². The van der Waals surface area contributed by atoms with E-state index in [4.69, 9.17) is 9.97 Å². The summed E-state index contributed by atoms with van der Waals surface area (Å²) in [4.78, 5) is 11.9. The van der Waals surface area contributed by atoms with Crippen LogP contribution in [-0.2, 0) is 7.05 Å². The van der Waals surface area contributed by atoms with Gasteiger partial charge in [0.2, 0.25) is 0 Å². The number of aromatic nitrogens is 4. The van der Waals surface area contributed by atoms with Gasteiger partial charge in [0.25, 0.3) is 0 Å². The Morgan fingerprint density at radius 2 is 1.89 bits per heavy atom. The number of phenolic OH excluding ortho intramolecular Hbond substituents is 1. The molecule has 4 heterocycles. The fourth-order valence-electron chi connectivity index (χ4n) is 4.11. The van der Waals surface area contributed by atoms with Crippen molar-refractivity contribution in [1.82, 2.24) is 19.7 Å². The molecule has 1 atom stereocenters. The standard InChI is InChI=1S/C22H23N5O/c1-13-8-9-27(11-13)20-7-6-18-19(24-20)5-4-17(23-18)16-10-15-12-26(3)25-21(15)14(2)22(16)28/h4-7,10,12-13,28H,8-9,11H2,1-3H3. The molecule has 142 valence electrons. The molecule has 1 saturated heterocycles. The summed E-state index contributed by atoms with van der Waals surface area (Å²) in [7, 11) is 1.88.